The van der Waals surface area contributed by atoms with Crippen LogP contribution < -0.4 is 21.2 Å². The second-order valence-corrected chi connectivity index (χ2v) is 8.99. The number of aromatic nitrogens is 3. The summed E-state index contributed by atoms with van der Waals surface area (Å²) in [5.41, 5.74) is 2.21. The van der Waals surface area contributed by atoms with E-state index in [0.717, 1.165) is 54.3 Å². The lowest BCUT2D eigenvalue weighted by atomic mass is 10.0. The molecule has 10 heteroatoms. The van der Waals surface area contributed by atoms with Gasteiger partial charge in [0.15, 0.2) is 5.82 Å². The summed E-state index contributed by atoms with van der Waals surface area (Å²) in [5, 5.41) is 13.6. The van der Waals surface area contributed by atoms with Gasteiger partial charge in [0, 0.05) is 6.04 Å². The van der Waals surface area contributed by atoms with Crippen molar-refractivity contribution in [3.05, 3.63) is 35.2 Å². The third-order valence-electron chi connectivity index (χ3n) is 5.16. The van der Waals surface area contributed by atoms with E-state index in [9.17, 15) is 9.59 Å². The summed E-state index contributed by atoms with van der Waals surface area (Å²) in [6.07, 6.45) is 4.13. The average Bonchev–Trinajstić information content (AvgIpc) is 3.34. The number of thioether (sulfide) groups is 1. The Labute approximate surface area is 186 Å². The number of nitrogens with two attached hydrogens (primary N) is 1. The van der Waals surface area contributed by atoms with E-state index in [4.69, 9.17) is 10.6 Å². The lowest BCUT2D eigenvalue weighted by Crippen LogP contribution is -2.44. The minimum absolute atomic E-state index is 0.00363. The lowest BCUT2D eigenvalue weighted by Gasteiger charge is -2.14. The Balaban J connectivity index is 1.50. The van der Waals surface area contributed by atoms with Gasteiger partial charge >= 0.3 is 6.03 Å². The minimum Gasteiger partial charge on any atom is -0.485 e. The van der Waals surface area contributed by atoms with E-state index < -0.39 is 11.9 Å². The van der Waals surface area contributed by atoms with Crippen molar-refractivity contribution in [2.24, 2.45) is 0 Å². The first-order valence-corrected chi connectivity index (χ1v) is 11.5. The Kier molecular flexibility index (Phi) is 7.78. The number of urea groups is 1. The minimum atomic E-state index is -0.458. The Morgan fingerprint density at radius 2 is 2.03 bits per heavy atom. The number of carbonyl (C=O) groups excluding carboxylic acids is 2. The molecule has 1 saturated carbocycles. The van der Waals surface area contributed by atoms with Gasteiger partial charge in [0.05, 0.1) is 5.75 Å². The van der Waals surface area contributed by atoms with Gasteiger partial charge in [0.2, 0.25) is 11.1 Å². The van der Waals surface area contributed by atoms with Crippen LogP contribution in [0, 0.1) is 6.92 Å². The molecule has 31 heavy (non-hydrogen) atoms. The summed E-state index contributed by atoms with van der Waals surface area (Å²) in [6, 6.07) is 5.80. The number of amides is 3. The number of hydrogen-bond donors (Lipinski definition) is 3. The number of nitrogen functional groups attached to an aromatic ring is 1. The second-order valence-electron chi connectivity index (χ2n) is 8.05. The molecule has 0 spiro atoms. The van der Waals surface area contributed by atoms with Crippen LogP contribution in [0.1, 0.15) is 62.4 Å². The fourth-order valence-electron chi connectivity index (χ4n) is 3.47. The maximum atomic E-state index is 12.0. The van der Waals surface area contributed by atoms with Crippen LogP contribution in [0.4, 0.5) is 4.79 Å². The number of carbonyl (C=O) groups is 2. The molecule has 0 atom stereocenters. The van der Waals surface area contributed by atoms with E-state index in [1.807, 2.05) is 13.0 Å². The van der Waals surface area contributed by atoms with Gasteiger partial charge < -0.3 is 15.9 Å². The van der Waals surface area contributed by atoms with Crippen LogP contribution in [0.3, 0.4) is 0 Å². The molecule has 0 bridgehead atoms. The van der Waals surface area contributed by atoms with E-state index in [2.05, 4.69) is 46.8 Å². The number of rotatable bonds is 8. The number of imide groups is 1. The van der Waals surface area contributed by atoms with Crippen molar-refractivity contribution < 1.29 is 14.3 Å². The van der Waals surface area contributed by atoms with Crippen molar-refractivity contribution in [2.75, 3.05) is 11.6 Å². The second kappa shape index (κ2) is 10.5. The number of ether oxygens (including phenoxy) is 1. The van der Waals surface area contributed by atoms with Gasteiger partial charge in [-0.25, -0.2) is 9.47 Å². The Bertz CT molecular complexity index is 924. The van der Waals surface area contributed by atoms with Gasteiger partial charge in [-0.1, -0.05) is 50.6 Å². The van der Waals surface area contributed by atoms with Crippen LogP contribution in [0.25, 0.3) is 0 Å². The largest absolute Gasteiger partial charge is 0.485 e. The van der Waals surface area contributed by atoms with Crippen LogP contribution in [0.5, 0.6) is 5.75 Å². The van der Waals surface area contributed by atoms with Crippen LogP contribution in [0.15, 0.2) is 23.4 Å². The van der Waals surface area contributed by atoms with Crippen LogP contribution in [0.2, 0.25) is 0 Å². The third kappa shape index (κ3) is 6.36. The highest BCUT2D eigenvalue weighted by Gasteiger charge is 2.19. The molecule has 0 saturated heterocycles. The predicted molar refractivity (Wildman–Crippen MR) is 119 cm³/mol. The molecule has 0 unspecified atom stereocenters. The van der Waals surface area contributed by atoms with Gasteiger partial charge in [-0.05, 0) is 42.9 Å². The van der Waals surface area contributed by atoms with E-state index in [0.29, 0.717) is 16.9 Å². The quantitative estimate of drug-likeness (QED) is 0.421. The highest BCUT2D eigenvalue weighted by molar-refractivity contribution is 7.99. The molecule has 9 nitrogen and oxygen atoms in total. The van der Waals surface area contributed by atoms with E-state index in [1.165, 1.54) is 4.68 Å². The summed E-state index contributed by atoms with van der Waals surface area (Å²) in [6.45, 7) is 6.38. The van der Waals surface area contributed by atoms with Crippen molar-refractivity contribution >= 4 is 23.7 Å². The number of hydrogen-bond acceptors (Lipinski definition) is 7. The molecule has 3 amide bonds. The van der Waals surface area contributed by atoms with Gasteiger partial charge in [0.1, 0.15) is 12.4 Å². The Morgan fingerprint density at radius 3 is 2.74 bits per heavy atom. The summed E-state index contributed by atoms with van der Waals surface area (Å²) in [7, 11) is 0. The Hall–Kier alpha value is -2.75. The predicted octanol–water partition coefficient (Wildman–Crippen LogP) is 2.86. The average molecular weight is 447 g/mol. The highest BCUT2D eigenvalue weighted by atomic mass is 32.2. The first-order chi connectivity index (χ1) is 14.8. The molecule has 1 aliphatic rings. The normalized spacial score (nSPS) is 14.1. The molecule has 0 aliphatic heterocycles. The van der Waals surface area contributed by atoms with Gasteiger partial charge in [-0.15, -0.1) is 10.2 Å². The number of nitrogens with zero attached hydrogens (tertiary/aromatic N) is 3. The zero-order valence-corrected chi connectivity index (χ0v) is 19.0. The highest BCUT2D eigenvalue weighted by Crippen LogP contribution is 2.28. The summed E-state index contributed by atoms with van der Waals surface area (Å²) < 4.78 is 7.26. The van der Waals surface area contributed by atoms with Crippen LogP contribution >= 0.6 is 11.8 Å². The molecule has 2 aromatic rings. The smallest absolute Gasteiger partial charge is 0.321 e. The van der Waals surface area contributed by atoms with E-state index in [-0.39, 0.29) is 18.4 Å². The van der Waals surface area contributed by atoms with E-state index >= 15 is 0 Å². The van der Waals surface area contributed by atoms with Crippen molar-refractivity contribution in [2.45, 2.75) is 70.2 Å². The molecule has 0 radical (unpaired) electrons. The molecule has 3 rings (SSSR count). The fraction of sp³-hybridized carbons (Fsp3) is 0.524. The molecule has 1 fully saturated rings. The van der Waals surface area contributed by atoms with Gasteiger partial charge in [-0.2, -0.15) is 0 Å². The van der Waals surface area contributed by atoms with Gasteiger partial charge in [0.25, 0.3) is 0 Å². The van der Waals surface area contributed by atoms with Crippen molar-refractivity contribution in [1.29, 1.82) is 0 Å². The van der Waals surface area contributed by atoms with Crippen LogP contribution in [-0.4, -0.2) is 38.6 Å². The Morgan fingerprint density at radius 1 is 1.29 bits per heavy atom. The molecule has 1 aromatic carbocycles. The topological polar surface area (TPSA) is 124 Å². The zero-order valence-electron chi connectivity index (χ0n) is 18.2. The molecular weight excluding hydrogens is 416 g/mol. The molecule has 1 heterocycles. The van der Waals surface area contributed by atoms with Crippen molar-refractivity contribution in [3.63, 3.8) is 0 Å². The SMILES string of the molecule is Cc1ccc(C(C)C)c(OCc2nnc(SCC(=O)NC(=O)NC3CCCC3)n2N)c1. The number of aryl methyl sites for hydroxylation is 1. The molecule has 4 N–H and O–H groups in total. The van der Waals surface area contributed by atoms with Gasteiger partial charge in [-0.3, -0.25) is 10.1 Å². The summed E-state index contributed by atoms with van der Waals surface area (Å²) in [4.78, 5) is 23.9. The summed E-state index contributed by atoms with van der Waals surface area (Å²) >= 11 is 1.11. The van der Waals surface area contributed by atoms with E-state index in [1.54, 1.807) is 0 Å². The maximum Gasteiger partial charge on any atom is 0.321 e. The molecule has 168 valence electrons. The number of benzene rings is 1. The number of nitrogens with one attached hydrogen (secondary N) is 2. The van der Waals surface area contributed by atoms with Crippen molar-refractivity contribution in [3.8, 4) is 5.75 Å². The maximum absolute atomic E-state index is 12.0. The standard InChI is InChI=1S/C21H30N6O3S/c1-13(2)16-9-8-14(3)10-17(16)30-11-18-25-26-21(27(18)22)31-12-19(28)24-20(29)23-15-6-4-5-7-15/h8-10,13,15H,4-7,11-12,22H2,1-3H3,(H2,23,24,28,29). The van der Waals surface area contributed by atoms with Crippen molar-refractivity contribution in [1.82, 2.24) is 25.5 Å². The first-order valence-electron chi connectivity index (χ1n) is 10.5. The molecule has 1 aliphatic carbocycles. The molecular formula is C21H30N6O3S. The first kappa shape index (κ1) is 22.9. The van der Waals surface area contributed by atoms with Crippen LogP contribution in [-0.2, 0) is 11.4 Å². The monoisotopic (exact) mass is 446 g/mol. The fourth-order valence-corrected chi connectivity index (χ4v) is 4.15. The molecule has 1 aromatic heterocycles. The summed E-state index contributed by atoms with van der Waals surface area (Å²) in [5.74, 6) is 7.22. The lowest BCUT2D eigenvalue weighted by molar-refractivity contribution is -0.117. The third-order valence-corrected chi connectivity index (χ3v) is 6.10. The zero-order chi connectivity index (χ0) is 22.4.